The Morgan fingerprint density at radius 1 is 1.20 bits per heavy atom. The number of hydrogen-bond acceptors (Lipinski definition) is 4. The molecule has 0 bridgehead atoms. The summed E-state index contributed by atoms with van der Waals surface area (Å²) in [5, 5.41) is 17.2. The van der Waals surface area contributed by atoms with Crippen LogP contribution < -0.4 is 0 Å². The lowest BCUT2D eigenvalue weighted by Crippen LogP contribution is -2.42. The fraction of sp³-hybridized carbons (Fsp3) is 0.917. The van der Waals surface area contributed by atoms with E-state index in [1.165, 1.54) is 6.92 Å². The molecule has 8 heteroatoms. The van der Waals surface area contributed by atoms with Crippen LogP contribution in [-0.4, -0.2) is 41.4 Å². The first kappa shape index (κ1) is 19.1. The molecule has 0 spiro atoms. The van der Waals surface area contributed by atoms with E-state index in [0.29, 0.717) is 0 Å². The minimum Gasteiger partial charge on any atom is -0.463 e. The summed E-state index contributed by atoms with van der Waals surface area (Å²) in [5.74, 6) is -5.97. The van der Waals surface area contributed by atoms with Crippen molar-refractivity contribution in [1.29, 1.82) is 0 Å². The quantitative estimate of drug-likeness (QED) is 0.533. The number of carbonyl (C=O) groups is 1. The number of halogens is 4. The van der Waals surface area contributed by atoms with Gasteiger partial charge in [-0.05, 0) is 18.3 Å². The molecule has 20 heavy (non-hydrogen) atoms. The minimum atomic E-state index is -5.33. The second-order valence-electron chi connectivity index (χ2n) is 4.90. The van der Waals surface area contributed by atoms with Crippen molar-refractivity contribution in [3.05, 3.63) is 0 Å². The number of alkyl halides is 4. The third-order valence-corrected chi connectivity index (χ3v) is 3.16. The third kappa shape index (κ3) is 6.51. The fourth-order valence-electron chi connectivity index (χ4n) is 1.61. The summed E-state index contributed by atoms with van der Waals surface area (Å²) >= 11 is 0. The zero-order valence-corrected chi connectivity index (χ0v) is 11.4. The zero-order chi connectivity index (χ0) is 16.0. The Hall–Kier alpha value is -0.890. The Bertz CT molecular complexity index is 304. The SMILES string of the molecule is CC(CCC(=O)OCCO)C(C)CC(O)(F)C(F)(F)F. The molecule has 0 aliphatic carbocycles. The molecule has 4 nitrogen and oxygen atoms in total. The molecule has 0 heterocycles. The summed E-state index contributed by atoms with van der Waals surface area (Å²) in [7, 11) is 0. The summed E-state index contributed by atoms with van der Waals surface area (Å²) in [4.78, 5) is 11.1. The predicted octanol–water partition coefficient (Wildman–Crippen LogP) is 2.18. The van der Waals surface area contributed by atoms with Crippen LogP contribution in [0, 0.1) is 11.8 Å². The lowest BCUT2D eigenvalue weighted by atomic mass is 9.86. The first-order chi connectivity index (χ1) is 9.01. The van der Waals surface area contributed by atoms with E-state index >= 15 is 0 Å². The Morgan fingerprint density at radius 3 is 2.20 bits per heavy atom. The molecular formula is C12H20F4O4. The van der Waals surface area contributed by atoms with Gasteiger partial charge in [0.15, 0.2) is 0 Å². The maximum Gasteiger partial charge on any atom is 0.448 e. The van der Waals surface area contributed by atoms with E-state index < -0.39 is 36.3 Å². The van der Waals surface area contributed by atoms with Gasteiger partial charge in [0.25, 0.3) is 0 Å². The number of ether oxygens (including phenoxy) is 1. The summed E-state index contributed by atoms with van der Waals surface area (Å²) < 4.78 is 54.2. The molecule has 0 fully saturated rings. The number of hydrogen-bond donors (Lipinski definition) is 2. The Kier molecular flexibility index (Phi) is 7.43. The van der Waals surface area contributed by atoms with Crippen molar-refractivity contribution in [3.8, 4) is 0 Å². The van der Waals surface area contributed by atoms with E-state index in [9.17, 15) is 22.4 Å². The van der Waals surface area contributed by atoms with E-state index in [-0.39, 0.29) is 26.1 Å². The van der Waals surface area contributed by atoms with E-state index in [1.807, 2.05) is 0 Å². The van der Waals surface area contributed by atoms with Gasteiger partial charge in [-0.15, -0.1) is 0 Å². The van der Waals surface area contributed by atoms with Gasteiger partial charge < -0.3 is 14.9 Å². The lowest BCUT2D eigenvalue weighted by Gasteiger charge is -2.28. The molecule has 0 rings (SSSR count). The van der Waals surface area contributed by atoms with Crippen molar-refractivity contribution in [3.63, 3.8) is 0 Å². The summed E-state index contributed by atoms with van der Waals surface area (Å²) in [5.41, 5.74) is 0. The van der Waals surface area contributed by atoms with Gasteiger partial charge in [-0.3, -0.25) is 4.79 Å². The first-order valence-corrected chi connectivity index (χ1v) is 6.25. The first-order valence-electron chi connectivity index (χ1n) is 6.25. The maximum atomic E-state index is 13.1. The van der Waals surface area contributed by atoms with Crippen LogP contribution in [0.4, 0.5) is 17.6 Å². The highest BCUT2D eigenvalue weighted by atomic mass is 19.4. The standard InChI is InChI=1S/C12H20F4O4/c1-8(3-4-10(18)20-6-5-17)9(2)7-11(13,19)12(14,15)16/h8-9,17,19H,3-7H2,1-2H3. The highest BCUT2D eigenvalue weighted by Gasteiger charge is 2.55. The Labute approximate surface area is 114 Å². The molecule has 0 amide bonds. The van der Waals surface area contributed by atoms with Crippen molar-refractivity contribution in [2.75, 3.05) is 13.2 Å². The van der Waals surface area contributed by atoms with E-state index in [4.69, 9.17) is 10.2 Å². The number of rotatable bonds is 8. The van der Waals surface area contributed by atoms with E-state index in [1.54, 1.807) is 6.92 Å². The van der Waals surface area contributed by atoms with Crippen LogP contribution >= 0.6 is 0 Å². The van der Waals surface area contributed by atoms with Gasteiger partial charge in [0.1, 0.15) is 6.61 Å². The zero-order valence-electron chi connectivity index (χ0n) is 11.4. The number of carbonyl (C=O) groups excluding carboxylic acids is 1. The molecule has 0 aliphatic heterocycles. The maximum absolute atomic E-state index is 13.1. The second-order valence-corrected chi connectivity index (χ2v) is 4.90. The lowest BCUT2D eigenvalue weighted by molar-refractivity contribution is -0.321. The van der Waals surface area contributed by atoms with Gasteiger partial charge in [0.05, 0.1) is 6.61 Å². The van der Waals surface area contributed by atoms with Crippen molar-refractivity contribution in [2.45, 2.75) is 45.1 Å². The van der Waals surface area contributed by atoms with Gasteiger partial charge >= 0.3 is 18.0 Å². The van der Waals surface area contributed by atoms with E-state index in [0.717, 1.165) is 0 Å². The molecule has 3 atom stereocenters. The van der Waals surface area contributed by atoms with Crippen LogP contribution in [0.2, 0.25) is 0 Å². The number of aliphatic hydroxyl groups is 2. The van der Waals surface area contributed by atoms with Crippen molar-refractivity contribution < 1.29 is 37.3 Å². The normalized spacial score (nSPS) is 18.2. The Morgan fingerprint density at radius 2 is 1.75 bits per heavy atom. The van der Waals surface area contributed by atoms with E-state index in [2.05, 4.69) is 4.74 Å². The van der Waals surface area contributed by atoms with Gasteiger partial charge in [-0.1, -0.05) is 13.8 Å². The van der Waals surface area contributed by atoms with Crippen LogP contribution in [0.3, 0.4) is 0 Å². The van der Waals surface area contributed by atoms with Crippen LogP contribution in [-0.2, 0) is 9.53 Å². The minimum absolute atomic E-state index is 0.0394. The molecule has 2 N–H and O–H groups in total. The summed E-state index contributed by atoms with van der Waals surface area (Å²) in [6.45, 7) is 2.50. The fourth-order valence-corrected chi connectivity index (χ4v) is 1.61. The van der Waals surface area contributed by atoms with Crippen LogP contribution in [0.1, 0.15) is 33.1 Å². The highest BCUT2D eigenvalue weighted by Crippen LogP contribution is 2.38. The van der Waals surface area contributed by atoms with Gasteiger partial charge in [-0.25, -0.2) is 4.39 Å². The van der Waals surface area contributed by atoms with Gasteiger partial charge in [0.2, 0.25) is 0 Å². The average molecular weight is 304 g/mol. The predicted molar refractivity (Wildman–Crippen MR) is 62.3 cm³/mol. The number of aliphatic hydroxyl groups excluding tert-OH is 1. The van der Waals surface area contributed by atoms with Crippen molar-refractivity contribution in [2.24, 2.45) is 11.8 Å². The Balaban J connectivity index is 4.22. The van der Waals surface area contributed by atoms with Crippen molar-refractivity contribution >= 4 is 5.97 Å². The second kappa shape index (κ2) is 7.78. The van der Waals surface area contributed by atoms with Gasteiger partial charge in [-0.2, -0.15) is 13.2 Å². The topological polar surface area (TPSA) is 66.8 Å². The highest BCUT2D eigenvalue weighted by molar-refractivity contribution is 5.69. The average Bonchev–Trinajstić information content (AvgIpc) is 2.31. The molecular weight excluding hydrogens is 284 g/mol. The van der Waals surface area contributed by atoms with Crippen LogP contribution in [0.25, 0.3) is 0 Å². The summed E-state index contributed by atoms with van der Waals surface area (Å²) in [6, 6.07) is 0. The molecule has 3 unspecified atom stereocenters. The van der Waals surface area contributed by atoms with Crippen molar-refractivity contribution in [1.82, 2.24) is 0 Å². The molecule has 120 valence electrons. The van der Waals surface area contributed by atoms with Gasteiger partial charge in [0, 0.05) is 12.8 Å². The number of esters is 1. The molecule has 0 radical (unpaired) electrons. The molecule has 0 saturated carbocycles. The van der Waals surface area contributed by atoms with Crippen LogP contribution in [0.15, 0.2) is 0 Å². The molecule has 0 aromatic carbocycles. The molecule has 0 saturated heterocycles. The monoisotopic (exact) mass is 304 g/mol. The smallest absolute Gasteiger partial charge is 0.448 e. The molecule has 0 aliphatic rings. The van der Waals surface area contributed by atoms with Crippen LogP contribution in [0.5, 0.6) is 0 Å². The molecule has 0 aromatic rings. The summed E-state index contributed by atoms with van der Waals surface area (Å²) in [6.07, 6.45) is -6.24. The largest absolute Gasteiger partial charge is 0.463 e. The third-order valence-electron chi connectivity index (χ3n) is 3.16. The molecule has 0 aromatic heterocycles.